The molecule has 0 saturated carbocycles. The van der Waals surface area contributed by atoms with Crippen molar-refractivity contribution in [2.45, 2.75) is 25.3 Å². The monoisotopic (exact) mass is 248 g/mol. The number of hydrogen-bond acceptors (Lipinski definition) is 2. The number of hydrogen-bond donors (Lipinski definition) is 2. The zero-order valence-electron chi connectivity index (χ0n) is 7.47. The second kappa shape index (κ2) is 4.11. The molecule has 0 aliphatic heterocycles. The van der Waals surface area contributed by atoms with Gasteiger partial charge in [0.2, 0.25) is 0 Å². The summed E-state index contributed by atoms with van der Waals surface area (Å²) in [4.78, 5) is 11.3. The lowest BCUT2D eigenvalue weighted by Crippen LogP contribution is -3.00. The van der Waals surface area contributed by atoms with E-state index in [1.54, 1.807) is 0 Å². The fourth-order valence-electron chi connectivity index (χ4n) is 1.87. The third-order valence-electron chi connectivity index (χ3n) is 2.50. The predicted molar refractivity (Wildman–Crippen MR) is 42.9 cm³/mol. The molecule has 1 atom stereocenters. The minimum Gasteiger partial charge on any atom is -1.00 e. The first-order valence-electron chi connectivity index (χ1n) is 4.32. The van der Waals surface area contributed by atoms with Gasteiger partial charge in [0, 0.05) is 12.8 Å². The molecule has 0 amide bonds. The number of quaternary nitrogens is 1. The fourth-order valence-corrected chi connectivity index (χ4v) is 1.87. The molecule has 1 aliphatic rings. The van der Waals surface area contributed by atoms with Crippen LogP contribution >= 0.6 is 0 Å². The Labute approximate surface area is 86.4 Å². The molecule has 1 aliphatic carbocycles. The summed E-state index contributed by atoms with van der Waals surface area (Å²) in [6.07, 6.45) is 3.09. The highest BCUT2D eigenvalue weighted by Crippen LogP contribution is 2.23. The van der Waals surface area contributed by atoms with Crippen LogP contribution in [-0.4, -0.2) is 12.2 Å². The molecule has 0 aromatic carbocycles. The molecular formula is C8H13BrN2O2. The van der Waals surface area contributed by atoms with Gasteiger partial charge in [-0.2, -0.15) is 5.16 Å². The van der Waals surface area contributed by atoms with E-state index in [-0.39, 0.29) is 22.5 Å². The van der Waals surface area contributed by atoms with Gasteiger partial charge < -0.3 is 26.8 Å². The minimum absolute atomic E-state index is 0. The van der Waals surface area contributed by atoms with E-state index < -0.39 is 0 Å². The molecular weight excluding hydrogens is 236 g/mol. The summed E-state index contributed by atoms with van der Waals surface area (Å²) >= 11 is 0. The molecule has 1 aromatic rings. The zero-order valence-corrected chi connectivity index (χ0v) is 9.06. The lowest BCUT2D eigenvalue weighted by atomic mass is 9.94. The molecule has 0 bridgehead atoms. The van der Waals surface area contributed by atoms with E-state index >= 15 is 0 Å². The molecule has 0 spiro atoms. The maximum absolute atomic E-state index is 11.3. The summed E-state index contributed by atoms with van der Waals surface area (Å²) < 4.78 is 5.06. The van der Waals surface area contributed by atoms with Gasteiger partial charge in [-0.1, -0.05) is 0 Å². The van der Waals surface area contributed by atoms with Gasteiger partial charge in [0.1, 0.15) is 17.4 Å². The molecule has 0 fully saturated rings. The maximum Gasteiger partial charge on any atom is 0.289 e. The second-order valence-electron chi connectivity index (χ2n) is 3.20. The summed E-state index contributed by atoms with van der Waals surface area (Å²) in [5.41, 5.74) is 0.802. The van der Waals surface area contributed by atoms with Crippen LogP contribution in [-0.2, 0) is 6.42 Å². The van der Waals surface area contributed by atoms with Crippen molar-refractivity contribution in [2.75, 3.05) is 7.05 Å². The van der Waals surface area contributed by atoms with Crippen molar-refractivity contribution in [3.8, 4) is 0 Å². The van der Waals surface area contributed by atoms with Crippen LogP contribution in [0.3, 0.4) is 0 Å². The summed E-state index contributed by atoms with van der Waals surface area (Å²) in [6, 6.07) is 0.302. The van der Waals surface area contributed by atoms with Crippen LogP contribution in [0.25, 0.3) is 0 Å². The topological polar surface area (TPSA) is 62.6 Å². The highest BCUT2D eigenvalue weighted by atomic mass is 79.9. The quantitative estimate of drug-likeness (QED) is 0.543. The number of nitrogens with one attached hydrogen (secondary N) is 1. The number of aryl methyl sites for hydroxylation is 1. The van der Waals surface area contributed by atoms with Crippen LogP contribution in [0.1, 0.15) is 30.2 Å². The van der Waals surface area contributed by atoms with Gasteiger partial charge >= 0.3 is 0 Å². The van der Waals surface area contributed by atoms with E-state index in [2.05, 4.69) is 10.5 Å². The smallest absolute Gasteiger partial charge is 0.289 e. The van der Waals surface area contributed by atoms with Gasteiger partial charge in [-0.25, -0.2) is 0 Å². The van der Waals surface area contributed by atoms with Crippen molar-refractivity contribution in [1.29, 1.82) is 0 Å². The number of fused-ring (bicyclic) bond motifs is 1. The van der Waals surface area contributed by atoms with Crippen molar-refractivity contribution in [2.24, 2.45) is 0 Å². The maximum atomic E-state index is 11.3. The molecule has 1 heterocycles. The number of halogens is 1. The predicted octanol–water partition coefficient (Wildman–Crippen LogP) is -3.46. The van der Waals surface area contributed by atoms with E-state index in [4.69, 9.17) is 4.52 Å². The fraction of sp³-hybridized carbons (Fsp3) is 0.625. The number of aromatic amines is 1. The third-order valence-corrected chi connectivity index (χ3v) is 2.50. The van der Waals surface area contributed by atoms with Crippen LogP contribution < -0.4 is 27.9 Å². The molecule has 2 rings (SSSR count). The standard InChI is InChI=1S/C8H12N2O2.BrH/c1-9-5-3-2-4-6-7(5)8(11)10-12-6;/h5,9H,2-4H2,1H3,(H,10,11);1H/t5-;/m0./s1. The van der Waals surface area contributed by atoms with E-state index in [9.17, 15) is 4.79 Å². The molecule has 3 N–H and O–H groups in total. The molecule has 0 unspecified atom stereocenters. The van der Waals surface area contributed by atoms with E-state index in [1.807, 2.05) is 7.05 Å². The third kappa shape index (κ3) is 1.71. The van der Waals surface area contributed by atoms with E-state index in [1.165, 1.54) is 0 Å². The summed E-state index contributed by atoms with van der Waals surface area (Å²) in [5.74, 6) is 0.856. The van der Waals surface area contributed by atoms with Crippen molar-refractivity contribution < 1.29 is 26.8 Å². The molecule has 4 nitrogen and oxygen atoms in total. The van der Waals surface area contributed by atoms with Crippen molar-refractivity contribution >= 4 is 0 Å². The van der Waals surface area contributed by atoms with E-state index in [0.29, 0.717) is 6.04 Å². The van der Waals surface area contributed by atoms with Gasteiger partial charge in [0.05, 0.1) is 7.05 Å². The van der Waals surface area contributed by atoms with Crippen molar-refractivity contribution in [1.82, 2.24) is 5.16 Å². The lowest BCUT2D eigenvalue weighted by molar-refractivity contribution is -0.672. The average Bonchev–Trinajstić information content (AvgIpc) is 2.48. The first-order valence-corrected chi connectivity index (χ1v) is 4.32. The summed E-state index contributed by atoms with van der Waals surface area (Å²) in [7, 11) is 1.99. The van der Waals surface area contributed by atoms with Gasteiger partial charge in [-0.05, 0) is 6.42 Å². The zero-order chi connectivity index (χ0) is 8.55. The number of aromatic nitrogens is 1. The minimum atomic E-state index is -0.0483. The van der Waals surface area contributed by atoms with Crippen molar-refractivity contribution in [3.05, 3.63) is 21.7 Å². The van der Waals surface area contributed by atoms with Gasteiger partial charge in [0.25, 0.3) is 5.56 Å². The second-order valence-corrected chi connectivity index (χ2v) is 3.20. The Morgan fingerprint density at radius 2 is 2.38 bits per heavy atom. The van der Waals surface area contributed by atoms with Crippen LogP contribution in [0.5, 0.6) is 0 Å². The Morgan fingerprint density at radius 1 is 1.62 bits per heavy atom. The van der Waals surface area contributed by atoms with Gasteiger partial charge in [0.15, 0.2) is 0 Å². The highest BCUT2D eigenvalue weighted by Gasteiger charge is 2.27. The number of nitrogens with two attached hydrogens (primary N) is 1. The Morgan fingerprint density at radius 3 is 3.08 bits per heavy atom. The highest BCUT2D eigenvalue weighted by molar-refractivity contribution is 5.19. The molecule has 0 radical (unpaired) electrons. The summed E-state index contributed by atoms with van der Waals surface area (Å²) in [5, 5.41) is 4.46. The first kappa shape index (κ1) is 10.5. The van der Waals surface area contributed by atoms with Crippen LogP contribution in [0.4, 0.5) is 0 Å². The van der Waals surface area contributed by atoms with Crippen LogP contribution in [0.15, 0.2) is 9.32 Å². The Balaban J connectivity index is 0.000000845. The molecule has 5 heteroatoms. The SMILES string of the molecule is C[NH2+][C@H]1CCCc2o[nH]c(=O)c21.[Br-]. The molecule has 0 saturated heterocycles. The van der Waals surface area contributed by atoms with Gasteiger partial charge in [-0.15, -0.1) is 0 Å². The first-order chi connectivity index (χ1) is 5.83. The van der Waals surface area contributed by atoms with Crippen LogP contribution in [0, 0.1) is 0 Å². The van der Waals surface area contributed by atoms with E-state index in [0.717, 1.165) is 30.6 Å². The average molecular weight is 249 g/mol. The summed E-state index contributed by atoms with van der Waals surface area (Å²) in [6.45, 7) is 0. The molecule has 1 aromatic heterocycles. The molecule has 13 heavy (non-hydrogen) atoms. The normalized spacial score (nSPS) is 20.5. The Kier molecular flexibility index (Phi) is 3.33. The Bertz CT molecular complexity index is 331. The van der Waals surface area contributed by atoms with Crippen LogP contribution in [0.2, 0.25) is 0 Å². The van der Waals surface area contributed by atoms with Gasteiger partial charge in [-0.3, -0.25) is 4.79 Å². The molecule has 74 valence electrons. The lowest BCUT2D eigenvalue weighted by Gasteiger charge is -2.15. The van der Waals surface area contributed by atoms with Crippen molar-refractivity contribution in [3.63, 3.8) is 0 Å². The number of H-pyrrole nitrogens is 1. The largest absolute Gasteiger partial charge is 1.00 e. The number of rotatable bonds is 1. The Hall–Kier alpha value is -0.550.